The van der Waals surface area contributed by atoms with E-state index in [0.717, 1.165) is 6.26 Å². The summed E-state index contributed by atoms with van der Waals surface area (Å²) in [6.45, 7) is 4.99. The highest BCUT2D eigenvalue weighted by atomic mass is 16.8. The van der Waals surface area contributed by atoms with E-state index < -0.39 is 67.4 Å². The van der Waals surface area contributed by atoms with Gasteiger partial charge >= 0.3 is 11.9 Å². The Bertz CT molecular complexity index is 1230. The van der Waals surface area contributed by atoms with Crippen molar-refractivity contribution >= 4 is 17.9 Å². The number of esters is 1. The molecule has 1 saturated heterocycles. The monoisotopic (exact) mass is 638 g/mol. The molecule has 8 atom stereocenters. The van der Waals surface area contributed by atoms with Crippen LogP contribution in [0, 0.1) is 11.8 Å². The summed E-state index contributed by atoms with van der Waals surface area (Å²) in [6, 6.07) is 0. The van der Waals surface area contributed by atoms with Gasteiger partial charge in [-0.2, -0.15) is 0 Å². The normalized spacial score (nSPS) is 30.8. The molecule has 8 unspecified atom stereocenters. The zero-order valence-electron chi connectivity index (χ0n) is 25.3. The Balaban J connectivity index is 2.03. The maximum Gasteiger partial charge on any atom is 0.337 e. The molecule has 3 rings (SSSR count). The highest BCUT2D eigenvalue weighted by Gasteiger charge is 2.48. The van der Waals surface area contributed by atoms with Crippen LogP contribution in [0.5, 0.6) is 0 Å². The average molecular weight is 639 g/mol. The van der Waals surface area contributed by atoms with E-state index in [4.69, 9.17) is 29.4 Å². The molecule has 0 bridgehead atoms. The third-order valence-corrected chi connectivity index (χ3v) is 7.46. The van der Waals surface area contributed by atoms with E-state index >= 15 is 0 Å². The van der Waals surface area contributed by atoms with E-state index in [1.54, 1.807) is 30.2 Å². The van der Waals surface area contributed by atoms with Gasteiger partial charge in [0.15, 0.2) is 12.2 Å². The largest absolute Gasteiger partial charge is 0.478 e. The Morgan fingerprint density at radius 1 is 1.27 bits per heavy atom. The number of hydrogen-bond acceptors (Lipinski definition) is 13. The van der Waals surface area contributed by atoms with E-state index in [1.807, 2.05) is 0 Å². The number of aliphatic imine (C=N–C) groups is 1. The molecule has 3 aliphatic rings. The second-order valence-electron chi connectivity index (χ2n) is 10.2. The SMILES string of the molecule is C=CC1C(OC2OC(CO)C(O)C(O)C2OCC)OC=C(C(=O)OC)C1C=CC1=CN(CCO)CC(C(=O)O)=C1NC(N)=NC. The number of ether oxygens (including phenoxy) is 5. The minimum absolute atomic E-state index is 0.0277. The van der Waals surface area contributed by atoms with Gasteiger partial charge < -0.3 is 65.2 Å². The number of allylic oxidation sites excluding steroid dienone is 2. The number of nitrogens with one attached hydrogen (secondary N) is 1. The van der Waals surface area contributed by atoms with Gasteiger partial charge in [-0.3, -0.25) is 4.99 Å². The van der Waals surface area contributed by atoms with Gasteiger partial charge in [-0.05, 0) is 6.92 Å². The van der Waals surface area contributed by atoms with Crippen molar-refractivity contribution in [1.82, 2.24) is 10.2 Å². The van der Waals surface area contributed by atoms with E-state index in [1.165, 1.54) is 20.2 Å². The summed E-state index contributed by atoms with van der Waals surface area (Å²) >= 11 is 0. The molecular formula is C29H42N4O12. The molecule has 0 aromatic heterocycles. The van der Waals surface area contributed by atoms with E-state index in [2.05, 4.69) is 16.9 Å². The molecule has 0 amide bonds. The number of carbonyl (C=O) groups excluding carboxylic acids is 1. The predicted molar refractivity (Wildman–Crippen MR) is 158 cm³/mol. The van der Waals surface area contributed by atoms with Crippen LogP contribution in [0.2, 0.25) is 0 Å². The molecule has 16 heteroatoms. The number of guanidine groups is 1. The molecule has 3 aliphatic heterocycles. The lowest BCUT2D eigenvalue weighted by atomic mass is 9.83. The summed E-state index contributed by atoms with van der Waals surface area (Å²) in [4.78, 5) is 30.5. The van der Waals surface area contributed by atoms with Crippen molar-refractivity contribution in [2.75, 3.05) is 47.1 Å². The van der Waals surface area contributed by atoms with Crippen LogP contribution < -0.4 is 11.1 Å². The van der Waals surface area contributed by atoms with Crippen molar-refractivity contribution in [1.29, 1.82) is 0 Å². The zero-order chi connectivity index (χ0) is 33.3. The Morgan fingerprint density at radius 2 is 2.00 bits per heavy atom. The van der Waals surface area contributed by atoms with Crippen LogP contribution in [0.1, 0.15) is 6.92 Å². The van der Waals surface area contributed by atoms with Crippen molar-refractivity contribution in [2.45, 2.75) is 43.9 Å². The number of carbonyl (C=O) groups is 2. The third-order valence-electron chi connectivity index (χ3n) is 7.46. The van der Waals surface area contributed by atoms with Gasteiger partial charge in [0.25, 0.3) is 0 Å². The number of carboxylic acid groups (broad SMARTS) is 1. The molecule has 3 heterocycles. The van der Waals surface area contributed by atoms with Gasteiger partial charge in [-0.1, -0.05) is 18.2 Å². The van der Waals surface area contributed by atoms with Crippen molar-refractivity contribution < 1.29 is 58.8 Å². The van der Waals surface area contributed by atoms with Gasteiger partial charge in [0.05, 0.1) is 55.9 Å². The molecule has 0 aliphatic carbocycles. The Morgan fingerprint density at radius 3 is 2.58 bits per heavy atom. The summed E-state index contributed by atoms with van der Waals surface area (Å²) in [7, 11) is 2.63. The molecule has 1 fully saturated rings. The molecule has 16 nitrogen and oxygen atoms in total. The number of hydrogen-bond donors (Lipinski definition) is 7. The number of aliphatic carboxylic acids is 1. The Labute approximate surface area is 260 Å². The second-order valence-corrected chi connectivity index (χ2v) is 10.2. The van der Waals surface area contributed by atoms with Gasteiger partial charge in [0.1, 0.15) is 24.4 Å². The first-order valence-electron chi connectivity index (χ1n) is 14.2. The quantitative estimate of drug-likeness (QED) is 0.0515. The number of nitrogens with zero attached hydrogens (tertiary/aromatic N) is 2. The lowest BCUT2D eigenvalue weighted by molar-refractivity contribution is -0.344. The van der Waals surface area contributed by atoms with Crippen molar-refractivity contribution in [3.63, 3.8) is 0 Å². The van der Waals surface area contributed by atoms with Crippen LogP contribution in [0.25, 0.3) is 0 Å². The number of carboxylic acids is 1. The Kier molecular flexibility index (Phi) is 13.1. The summed E-state index contributed by atoms with van der Waals surface area (Å²) < 4.78 is 28.1. The molecule has 45 heavy (non-hydrogen) atoms. The molecule has 0 aromatic carbocycles. The van der Waals surface area contributed by atoms with Crippen LogP contribution in [0.4, 0.5) is 0 Å². The van der Waals surface area contributed by atoms with Gasteiger partial charge in [0, 0.05) is 37.9 Å². The van der Waals surface area contributed by atoms with Gasteiger partial charge in [0.2, 0.25) is 6.29 Å². The Hall–Kier alpha value is -3.77. The van der Waals surface area contributed by atoms with Gasteiger partial charge in [-0.25, -0.2) is 9.59 Å². The zero-order valence-corrected chi connectivity index (χ0v) is 25.3. The molecule has 8 N–H and O–H groups in total. The first kappa shape index (κ1) is 35.7. The average Bonchev–Trinajstić information content (AvgIpc) is 3.03. The van der Waals surface area contributed by atoms with E-state index in [9.17, 15) is 35.1 Å². The molecule has 0 saturated carbocycles. The summed E-state index contributed by atoms with van der Waals surface area (Å²) in [6.07, 6.45) is -0.237. The van der Waals surface area contributed by atoms with Gasteiger partial charge in [-0.15, -0.1) is 6.58 Å². The topological polar surface area (TPSA) is 235 Å². The minimum atomic E-state index is -1.45. The first-order valence-corrected chi connectivity index (χ1v) is 14.2. The number of β-amino-alcohol motifs (C(OH)–C–C–N with tert-alkyl or cyclic N) is 1. The summed E-state index contributed by atoms with van der Waals surface area (Å²) in [5, 5.41) is 53.0. The van der Waals surface area contributed by atoms with Crippen LogP contribution in [0.15, 0.2) is 64.7 Å². The summed E-state index contributed by atoms with van der Waals surface area (Å²) in [5.41, 5.74) is 6.44. The lowest BCUT2D eigenvalue weighted by Gasteiger charge is -2.44. The summed E-state index contributed by atoms with van der Waals surface area (Å²) in [5.74, 6) is -3.57. The van der Waals surface area contributed by atoms with E-state index in [0.29, 0.717) is 5.57 Å². The lowest BCUT2D eigenvalue weighted by Crippen LogP contribution is -2.61. The molecule has 250 valence electrons. The fourth-order valence-electron chi connectivity index (χ4n) is 5.14. The third kappa shape index (κ3) is 8.29. The highest BCUT2D eigenvalue weighted by Crippen LogP contribution is 2.37. The fraction of sp³-hybridized carbons (Fsp3) is 0.552. The number of rotatable bonds is 13. The van der Waals surface area contributed by atoms with Crippen molar-refractivity contribution in [3.8, 4) is 0 Å². The van der Waals surface area contributed by atoms with Crippen LogP contribution >= 0.6 is 0 Å². The number of aliphatic hydroxyl groups is 4. The number of aliphatic hydroxyl groups excluding tert-OH is 4. The maximum absolute atomic E-state index is 12.8. The molecular weight excluding hydrogens is 596 g/mol. The number of methoxy groups -OCH3 is 1. The van der Waals surface area contributed by atoms with Crippen LogP contribution in [-0.4, -0.2) is 132 Å². The second kappa shape index (κ2) is 16.5. The maximum atomic E-state index is 12.8. The smallest absolute Gasteiger partial charge is 0.337 e. The predicted octanol–water partition coefficient (Wildman–Crippen LogP) is -1.70. The highest BCUT2D eigenvalue weighted by molar-refractivity contribution is 5.92. The molecule has 0 radical (unpaired) electrons. The fourth-order valence-corrected chi connectivity index (χ4v) is 5.14. The standard InChI is InChI=1S/C29H42N4O12/c1-5-16-17(8-7-15-11-33(9-10-34)12-18(25(38)39)21(15)32-29(30)31-3)19(26(40)41-4)14-43-27(16)45-28-24(42-6-2)23(37)22(36)20(13-35)44-28/h5,7-8,11,14,16-17,20,22-24,27-28,34-37H,1,6,9-10,12-13H2,2-4H3,(H,38,39)(H3,30,31,32). The minimum Gasteiger partial charge on any atom is -0.478 e. The van der Waals surface area contributed by atoms with Crippen molar-refractivity contribution in [2.24, 2.45) is 22.6 Å². The first-order chi connectivity index (χ1) is 21.5. The van der Waals surface area contributed by atoms with Crippen LogP contribution in [0.3, 0.4) is 0 Å². The van der Waals surface area contributed by atoms with E-state index in [-0.39, 0.29) is 49.1 Å². The molecule has 0 spiro atoms. The van der Waals surface area contributed by atoms with Crippen LogP contribution in [-0.2, 0) is 33.3 Å². The number of nitrogens with two attached hydrogens (primary N) is 1. The van der Waals surface area contributed by atoms with Crippen molar-refractivity contribution in [3.05, 3.63) is 59.7 Å². The molecule has 0 aromatic rings.